The van der Waals surface area contributed by atoms with Crippen LogP contribution in [0.25, 0.3) is 0 Å². The van der Waals surface area contributed by atoms with E-state index in [0.717, 1.165) is 6.92 Å². The fourth-order valence-corrected chi connectivity index (χ4v) is 2.69. The third-order valence-electron chi connectivity index (χ3n) is 4.28. The summed E-state index contributed by atoms with van der Waals surface area (Å²) in [4.78, 5) is 40.3. The minimum atomic E-state index is -3.04. The molecule has 3 atom stereocenters. The van der Waals surface area contributed by atoms with E-state index in [2.05, 4.69) is 10.3 Å². The average molecular weight is 466 g/mol. The zero-order valence-corrected chi connectivity index (χ0v) is 18.4. The first kappa shape index (κ1) is 25.5. The van der Waals surface area contributed by atoms with Gasteiger partial charge < -0.3 is 24.3 Å². The number of nitrogens with one attached hydrogen (secondary N) is 1. The topological polar surface area (TPSA) is 113 Å². The summed E-state index contributed by atoms with van der Waals surface area (Å²) < 4.78 is 47.5. The second kappa shape index (κ2) is 11.7. The Balaban J connectivity index is 2.09. The summed E-state index contributed by atoms with van der Waals surface area (Å²) in [6, 6.07) is 8.25. The number of hydrogen-bond acceptors (Lipinski definition) is 8. The van der Waals surface area contributed by atoms with Gasteiger partial charge >= 0.3 is 11.9 Å². The summed E-state index contributed by atoms with van der Waals surface area (Å²) in [5.41, 5.74) is -0.338. The van der Waals surface area contributed by atoms with Crippen LogP contribution in [-0.4, -0.2) is 54.6 Å². The van der Waals surface area contributed by atoms with Gasteiger partial charge in [0.15, 0.2) is 17.5 Å². The van der Waals surface area contributed by atoms with Crippen molar-refractivity contribution in [3.8, 4) is 17.2 Å². The monoisotopic (exact) mass is 466 g/mol. The normalized spacial score (nSPS) is 13.4. The van der Waals surface area contributed by atoms with Crippen molar-refractivity contribution in [1.29, 1.82) is 0 Å². The third-order valence-corrected chi connectivity index (χ3v) is 4.28. The van der Waals surface area contributed by atoms with Crippen molar-refractivity contribution >= 4 is 17.8 Å². The van der Waals surface area contributed by atoms with Gasteiger partial charge in [0.25, 0.3) is 12.3 Å². The highest BCUT2D eigenvalue weighted by Crippen LogP contribution is 2.29. The number of aromatic nitrogens is 1. The largest absolute Gasteiger partial charge is 0.493 e. The van der Waals surface area contributed by atoms with Gasteiger partial charge in [0, 0.05) is 19.2 Å². The fourth-order valence-electron chi connectivity index (χ4n) is 2.69. The number of alkyl halides is 2. The van der Waals surface area contributed by atoms with Crippen LogP contribution in [0, 0.1) is 0 Å². The smallest absolute Gasteiger partial charge is 0.328 e. The van der Waals surface area contributed by atoms with E-state index in [4.69, 9.17) is 18.9 Å². The second-order valence-corrected chi connectivity index (χ2v) is 6.85. The minimum Gasteiger partial charge on any atom is -0.493 e. The maximum Gasteiger partial charge on any atom is 0.328 e. The Morgan fingerprint density at radius 1 is 1.06 bits per heavy atom. The molecule has 1 aromatic carbocycles. The summed E-state index contributed by atoms with van der Waals surface area (Å²) in [6.45, 7) is 3.71. The van der Waals surface area contributed by atoms with Crippen LogP contribution >= 0.6 is 0 Å². The number of esters is 2. The Bertz CT molecular complexity index is 972. The van der Waals surface area contributed by atoms with Crippen molar-refractivity contribution in [2.24, 2.45) is 0 Å². The predicted octanol–water partition coefficient (Wildman–Crippen LogP) is 2.78. The van der Waals surface area contributed by atoms with Crippen molar-refractivity contribution in [2.45, 2.75) is 45.4 Å². The van der Waals surface area contributed by atoms with Crippen molar-refractivity contribution in [3.05, 3.63) is 48.3 Å². The first-order valence-electron chi connectivity index (χ1n) is 9.86. The molecular formula is C22H24F2N2O7. The number of carbonyl (C=O) groups excluding carboxylic acids is 3. The van der Waals surface area contributed by atoms with Gasteiger partial charge in [-0.15, -0.1) is 0 Å². The molecule has 0 aliphatic heterocycles. The minimum absolute atomic E-state index is 0.0604. The van der Waals surface area contributed by atoms with Gasteiger partial charge in [0.05, 0.1) is 7.11 Å². The van der Waals surface area contributed by atoms with E-state index in [0.29, 0.717) is 5.75 Å². The van der Waals surface area contributed by atoms with Crippen LogP contribution in [0.4, 0.5) is 8.78 Å². The van der Waals surface area contributed by atoms with Crippen LogP contribution in [0.5, 0.6) is 17.2 Å². The number of ether oxygens (including phenoxy) is 4. The second-order valence-electron chi connectivity index (χ2n) is 6.85. The number of halogens is 2. The molecule has 11 heteroatoms. The molecule has 1 aromatic heterocycles. The summed E-state index contributed by atoms with van der Waals surface area (Å²) >= 11 is 0. The molecule has 0 bridgehead atoms. The highest BCUT2D eigenvalue weighted by molar-refractivity contribution is 5.98. The van der Waals surface area contributed by atoms with E-state index >= 15 is 0 Å². The van der Waals surface area contributed by atoms with Gasteiger partial charge in [-0.1, -0.05) is 18.2 Å². The molecule has 0 aliphatic carbocycles. The Morgan fingerprint density at radius 2 is 1.73 bits per heavy atom. The summed E-state index contributed by atoms with van der Waals surface area (Å²) in [5, 5.41) is 2.29. The Hall–Kier alpha value is -3.76. The number of carbonyl (C=O) groups is 3. The van der Waals surface area contributed by atoms with Gasteiger partial charge in [-0.2, -0.15) is 0 Å². The van der Waals surface area contributed by atoms with Crippen LogP contribution in [0.1, 0.15) is 31.3 Å². The van der Waals surface area contributed by atoms with E-state index < -0.39 is 42.5 Å². The lowest BCUT2D eigenvalue weighted by Gasteiger charge is -2.25. The van der Waals surface area contributed by atoms with E-state index in [1.54, 1.807) is 30.3 Å². The van der Waals surface area contributed by atoms with Crippen LogP contribution in [0.3, 0.4) is 0 Å². The number of methoxy groups -OCH3 is 1. The molecule has 2 rings (SSSR count). The van der Waals surface area contributed by atoms with Crippen molar-refractivity contribution in [2.75, 3.05) is 7.11 Å². The number of benzene rings is 1. The van der Waals surface area contributed by atoms with Gasteiger partial charge in [-0.05, 0) is 26.0 Å². The maximum absolute atomic E-state index is 13.5. The number of rotatable bonds is 10. The van der Waals surface area contributed by atoms with Gasteiger partial charge in [0.1, 0.15) is 17.9 Å². The number of pyridine rings is 1. The molecule has 33 heavy (non-hydrogen) atoms. The van der Waals surface area contributed by atoms with Crippen LogP contribution in [0.15, 0.2) is 42.6 Å². The molecule has 1 N–H and O–H groups in total. The van der Waals surface area contributed by atoms with Crippen molar-refractivity contribution in [3.63, 3.8) is 0 Å². The quantitative estimate of drug-likeness (QED) is 0.532. The Morgan fingerprint density at radius 3 is 2.30 bits per heavy atom. The molecule has 0 fully saturated rings. The molecule has 0 spiro atoms. The molecule has 0 aliphatic rings. The molecule has 0 radical (unpaired) electrons. The van der Waals surface area contributed by atoms with Crippen LogP contribution < -0.4 is 19.5 Å². The standard InChI is InChI=1S/C22H24F2N2O7/c1-12(26-21(28)17-19(32-14(3)27)16(30-4)10-11-25-17)22(29)33-18(20(23)24)13(2)31-15-8-6-5-7-9-15/h5-13,18,20H,1-4H3,(H,26,28)/t12-,13-,18-/m0/s1. The zero-order valence-electron chi connectivity index (χ0n) is 18.4. The van der Waals surface area contributed by atoms with Gasteiger partial charge in [0.2, 0.25) is 5.75 Å². The first-order valence-corrected chi connectivity index (χ1v) is 9.86. The average Bonchev–Trinajstić information content (AvgIpc) is 2.77. The lowest BCUT2D eigenvalue weighted by atomic mass is 10.2. The molecule has 2 aromatic rings. The molecule has 0 saturated heterocycles. The molecule has 1 heterocycles. The number of amides is 1. The van der Waals surface area contributed by atoms with Crippen molar-refractivity contribution in [1.82, 2.24) is 10.3 Å². The lowest BCUT2D eigenvalue weighted by molar-refractivity contribution is -0.167. The van der Waals surface area contributed by atoms with Crippen LogP contribution in [-0.2, 0) is 14.3 Å². The maximum atomic E-state index is 13.5. The lowest BCUT2D eigenvalue weighted by Crippen LogP contribution is -2.45. The number of hydrogen-bond donors (Lipinski definition) is 1. The number of nitrogens with zero attached hydrogens (tertiary/aromatic N) is 1. The van der Waals surface area contributed by atoms with Gasteiger partial charge in [-0.3, -0.25) is 9.59 Å². The van der Waals surface area contributed by atoms with E-state index in [1.807, 2.05) is 0 Å². The molecule has 1 amide bonds. The SMILES string of the molecule is COc1ccnc(C(=O)N[C@@H](C)C(=O)O[C@H](C(F)F)[C@H](C)Oc2ccccc2)c1OC(C)=O. The molecular weight excluding hydrogens is 442 g/mol. The summed E-state index contributed by atoms with van der Waals surface area (Å²) in [7, 11) is 1.30. The molecule has 0 unspecified atom stereocenters. The number of para-hydroxylation sites is 1. The highest BCUT2D eigenvalue weighted by atomic mass is 19.3. The zero-order chi connectivity index (χ0) is 24.5. The van der Waals surface area contributed by atoms with Gasteiger partial charge in [-0.25, -0.2) is 18.6 Å². The molecule has 178 valence electrons. The van der Waals surface area contributed by atoms with E-state index in [-0.39, 0.29) is 17.2 Å². The fraction of sp³-hybridized carbons (Fsp3) is 0.364. The van der Waals surface area contributed by atoms with Crippen molar-refractivity contribution < 1.29 is 42.1 Å². The highest BCUT2D eigenvalue weighted by Gasteiger charge is 2.34. The third kappa shape index (κ3) is 7.13. The Kier molecular flexibility index (Phi) is 9.08. The van der Waals surface area contributed by atoms with E-state index in [9.17, 15) is 23.2 Å². The van der Waals surface area contributed by atoms with Crippen LogP contribution in [0.2, 0.25) is 0 Å². The first-order chi connectivity index (χ1) is 15.6. The molecule has 9 nitrogen and oxygen atoms in total. The molecule has 0 saturated carbocycles. The van der Waals surface area contributed by atoms with E-state index in [1.165, 1.54) is 33.2 Å². The predicted molar refractivity (Wildman–Crippen MR) is 111 cm³/mol. The summed E-state index contributed by atoms with van der Waals surface area (Å²) in [5.74, 6) is -2.61. The Labute approximate surface area is 189 Å². The summed E-state index contributed by atoms with van der Waals surface area (Å²) in [6.07, 6.45) is -4.86.